The molecule has 1 aromatic heterocycles. The number of amides is 1. The quantitative estimate of drug-likeness (QED) is 0.482. The Labute approximate surface area is 177 Å². The number of aromatic nitrogens is 1. The molecule has 0 unspecified atom stereocenters. The molecule has 1 amide bonds. The molecular weight excluding hydrogens is 380 g/mol. The molecule has 0 bridgehead atoms. The smallest absolute Gasteiger partial charge is 0.226 e. The third-order valence-corrected chi connectivity index (χ3v) is 5.66. The number of carbonyl (C=O) groups excluding carboxylic acids is 1. The summed E-state index contributed by atoms with van der Waals surface area (Å²) >= 11 is 1.50. The summed E-state index contributed by atoms with van der Waals surface area (Å²) in [4.78, 5) is 18.1. The molecular formula is C24H28N2O2S. The lowest BCUT2D eigenvalue weighted by Gasteiger charge is -2.07. The van der Waals surface area contributed by atoms with Crippen LogP contribution in [0.5, 0.6) is 5.75 Å². The van der Waals surface area contributed by atoms with E-state index in [-0.39, 0.29) is 5.91 Å². The minimum absolute atomic E-state index is 0.00932. The van der Waals surface area contributed by atoms with Crippen LogP contribution >= 0.6 is 11.3 Å². The zero-order chi connectivity index (χ0) is 20.8. The van der Waals surface area contributed by atoms with E-state index in [0.29, 0.717) is 24.1 Å². The van der Waals surface area contributed by atoms with E-state index >= 15 is 0 Å². The van der Waals surface area contributed by atoms with Crippen molar-refractivity contribution in [3.8, 4) is 17.0 Å². The van der Waals surface area contributed by atoms with Crippen molar-refractivity contribution >= 4 is 22.4 Å². The number of anilines is 1. The zero-order valence-electron chi connectivity index (χ0n) is 17.5. The van der Waals surface area contributed by atoms with Gasteiger partial charge in [0.2, 0.25) is 5.91 Å². The normalized spacial score (nSPS) is 10.9. The second-order valence-electron chi connectivity index (χ2n) is 7.33. The highest BCUT2D eigenvalue weighted by Crippen LogP contribution is 2.31. The maximum atomic E-state index is 12.4. The molecule has 4 nitrogen and oxygen atoms in total. The van der Waals surface area contributed by atoms with Gasteiger partial charge in [0.1, 0.15) is 5.75 Å². The molecule has 0 saturated carbocycles. The van der Waals surface area contributed by atoms with Crippen LogP contribution in [0.15, 0.2) is 48.5 Å². The largest absolute Gasteiger partial charge is 0.494 e. The van der Waals surface area contributed by atoms with Crippen LogP contribution in [0.3, 0.4) is 0 Å². The molecule has 1 heterocycles. The van der Waals surface area contributed by atoms with Crippen LogP contribution in [0, 0.1) is 6.92 Å². The number of nitrogens with zero attached hydrogens (tertiary/aromatic N) is 1. The molecule has 0 spiro atoms. The highest BCUT2D eigenvalue weighted by Gasteiger charge is 2.12. The molecule has 0 aliphatic rings. The van der Waals surface area contributed by atoms with Crippen molar-refractivity contribution in [1.29, 1.82) is 0 Å². The van der Waals surface area contributed by atoms with E-state index in [0.717, 1.165) is 28.3 Å². The molecule has 0 radical (unpaired) electrons. The maximum absolute atomic E-state index is 12.4. The molecule has 5 heteroatoms. The molecule has 2 aromatic carbocycles. The maximum Gasteiger partial charge on any atom is 0.226 e. The fourth-order valence-corrected chi connectivity index (χ4v) is 3.95. The summed E-state index contributed by atoms with van der Waals surface area (Å²) in [5.74, 6) is 1.36. The number of nitrogens with one attached hydrogen (secondary N) is 1. The summed E-state index contributed by atoms with van der Waals surface area (Å²) < 4.78 is 5.49. The Morgan fingerprint density at radius 1 is 1.10 bits per heavy atom. The molecule has 3 aromatic rings. The summed E-state index contributed by atoms with van der Waals surface area (Å²) in [6.07, 6.45) is 1.17. The van der Waals surface area contributed by atoms with Crippen molar-refractivity contribution in [2.45, 2.75) is 46.5 Å². The summed E-state index contributed by atoms with van der Waals surface area (Å²) in [5.41, 5.74) is 4.42. The second kappa shape index (κ2) is 9.70. The zero-order valence-corrected chi connectivity index (χ0v) is 18.3. The molecule has 1 N–H and O–H groups in total. The lowest BCUT2D eigenvalue weighted by molar-refractivity contribution is -0.116. The molecule has 29 heavy (non-hydrogen) atoms. The molecule has 0 atom stereocenters. The summed E-state index contributed by atoms with van der Waals surface area (Å²) in [5, 5.41) is 3.59. The standard InChI is InChI=1S/C24H28N2O2S/c1-5-28-21-13-11-20(12-14-21)23-17(4)29-24(26-23)25-22(27)15-8-18-6-9-19(10-7-18)16(2)3/h6-7,9-14,16H,5,8,15H2,1-4H3,(H,25,26,27). The monoisotopic (exact) mass is 408 g/mol. The second-order valence-corrected chi connectivity index (χ2v) is 8.53. The fraction of sp³-hybridized carbons (Fsp3) is 0.333. The van der Waals surface area contributed by atoms with Crippen molar-refractivity contribution in [3.05, 3.63) is 64.5 Å². The molecule has 0 aliphatic heterocycles. The Hall–Kier alpha value is -2.66. The van der Waals surface area contributed by atoms with Gasteiger partial charge >= 0.3 is 0 Å². The van der Waals surface area contributed by atoms with Crippen LogP contribution in [-0.2, 0) is 11.2 Å². The van der Waals surface area contributed by atoms with Gasteiger partial charge in [0.25, 0.3) is 0 Å². The third kappa shape index (κ3) is 5.67. The van der Waals surface area contributed by atoms with E-state index in [1.165, 1.54) is 22.5 Å². The number of ether oxygens (including phenoxy) is 1. The lowest BCUT2D eigenvalue weighted by Crippen LogP contribution is -2.12. The van der Waals surface area contributed by atoms with E-state index in [1.54, 1.807) is 0 Å². The lowest BCUT2D eigenvalue weighted by atomic mass is 10.0. The number of rotatable bonds is 8. The SMILES string of the molecule is CCOc1ccc(-c2nc(NC(=O)CCc3ccc(C(C)C)cc3)sc2C)cc1. The first-order chi connectivity index (χ1) is 14.0. The average Bonchev–Trinajstić information content (AvgIpc) is 3.07. The Morgan fingerprint density at radius 2 is 1.79 bits per heavy atom. The van der Waals surface area contributed by atoms with Crippen LogP contribution in [-0.4, -0.2) is 17.5 Å². The average molecular weight is 409 g/mol. The Kier molecular flexibility index (Phi) is 7.04. The van der Waals surface area contributed by atoms with Gasteiger partial charge in [-0.2, -0.15) is 0 Å². The van der Waals surface area contributed by atoms with Gasteiger partial charge < -0.3 is 10.1 Å². The van der Waals surface area contributed by atoms with Gasteiger partial charge in [0.05, 0.1) is 12.3 Å². The van der Waals surface area contributed by atoms with Crippen molar-refractivity contribution in [1.82, 2.24) is 4.98 Å². The summed E-state index contributed by atoms with van der Waals surface area (Å²) in [6.45, 7) is 9.00. The first kappa shape index (κ1) is 21.1. The van der Waals surface area contributed by atoms with Crippen LogP contribution in [0.4, 0.5) is 5.13 Å². The molecule has 0 fully saturated rings. The van der Waals surface area contributed by atoms with Crippen LogP contribution in [0.25, 0.3) is 11.3 Å². The minimum atomic E-state index is -0.00932. The van der Waals surface area contributed by atoms with Crippen molar-refractivity contribution < 1.29 is 9.53 Å². The predicted molar refractivity (Wildman–Crippen MR) is 121 cm³/mol. The first-order valence-corrected chi connectivity index (χ1v) is 10.9. The predicted octanol–water partition coefficient (Wildman–Crippen LogP) is 6.21. The first-order valence-electron chi connectivity index (χ1n) is 10.1. The van der Waals surface area contributed by atoms with Crippen LogP contribution in [0.1, 0.15) is 49.1 Å². The number of aryl methyl sites for hydroxylation is 2. The Balaban J connectivity index is 1.59. The van der Waals surface area contributed by atoms with Crippen molar-refractivity contribution in [3.63, 3.8) is 0 Å². The van der Waals surface area contributed by atoms with Crippen molar-refractivity contribution in [2.24, 2.45) is 0 Å². The van der Waals surface area contributed by atoms with Gasteiger partial charge in [-0.05, 0) is 61.6 Å². The van der Waals surface area contributed by atoms with Gasteiger partial charge in [-0.1, -0.05) is 38.1 Å². The number of hydrogen-bond donors (Lipinski definition) is 1. The van der Waals surface area contributed by atoms with E-state index in [9.17, 15) is 4.79 Å². The minimum Gasteiger partial charge on any atom is -0.494 e. The molecule has 3 rings (SSSR count). The Bertz CT molecular complexity index is 944. The number of hydrogen-bond acceptors (Lipinski definition) is 4. The molecule has 152 valence electrons. The van der Waals surface area contributed by atoms with E-state index < -0.39 is 0 Å². The van der Waals surface area contributed by atoms with Gasteiger partial charge in [-0.25, -0.2) is 4.98 Å². The molecule has 0 saturated heterocycles. The number of carbonyl (C=O) groups is 1. The van der Waals surface area contributed by atoms with Gasteiger partial charge in [-0.3, -0.25) is 4.79 Å². The van der Waals surface area contributed by atoms with Crippen LogP contribution < -0.4 is 10.1 Å². The number of thiazole rings is 1. The summed E-state index contributed by atoms with van der Waals surface area (Å²) in [7, 11) is 0. The highest BCUT2D eigenvalue weighted by molar-refractivity contribution is 7.16. The van der Waals surface area contributed by atoms with Crippen molar-refractivity contribution in [2.75, 3.05) is 11.9 Å². The van der Waals surface area contributed by atoms with E-state index in [2.05, 4.69) is 48.4 Å². The summed E-state index contributed by atoms with van der Waals surface area (Å²) in [6, 6.07) is 16.4. The van der Waals surface area contributed by atoms with Gasteiger partial charge in [-0.15, -0.1) is 11.3 Å². The van der Waals surface area contributed by atoms with Crippen LogP contribution in [0.2, 0.25) is 0 Å². The molecule has 0 aliphatic carbocycles. The topological polar surface area (TPSA) is 51.2 Å². The van der Waals surface area contributed by atoms with Gasteiger partial charge in [0.15, 0.2) is 5.13 Å². The highest BCUT2D eigenvalue weighted by atomic mass is 32.1. The third-order valence-electron chi connectivity index (χ3n) is 4.77. The Morgan fingerprint density at radius 3 is 2.41 bits per heavy atom. The number of benzene rings is 2. The van der Waals surface area contributed by atoms with E-state index in [1.807, 2.05) is 38.1 Å². The fourth-order valence-electron chi connectivity index (χ4n) is 3.10. The van der Waals surface area contributed by atoms with E-state index in [4.69, 9.17) is 4.74 Å². The van der Waals surface area contributed by atoms with Gasteiger partial charge in [0, 0.05) is 16.9 Å².